The molecule has 0 aromatic carbocycles. The van der Waals surface area contributed by atoms with Crippen LogP contribution >= 0.6 is 17.2 Å². The molecule has 0 aliphatic heterocycles. The molecule has 26 heavy (non-hydrogen) atoms. The predicted octanol–water partition coefficient (Wildman–Crippen LogP) is 9.38. The fraction of sp³-hybridized carbons (Fsp3) is 1.00. The number of rotatable bonds is 20. The highest BCUT2D eigenvalue weighted by Crippen LogP contribution is 2.61. The van der Waals surface area contributed by atoms with Crippen LogP contribution in [0.4, 0.5) is 0 Å². The second kappa shape index (κ2) is 22.2. The van der Waals surface area contributed by atoms with Crippen molar-refractivity contribution in [3.05, 3.63) is 0 Å². The van der Waals surface area contributed by atoms with Gasteiger partial charge in [-0.25, -0.2) is 0 Å². The fourth-order valence-electron chi connectivity index (χ4n) is 4.09. The van der Waals surface area contributed by atoms with Gasteiger partial charge in [0.1, 0.15) is 0 Å². The van der Waals surface area contributed by atoms with Crippen LogP contribution in [0, 0.1) is 0 Å². The fourth-order valence-corrected chi connectivity index (χ4v) is 9.28. The van der Waals surface area contributed by atoms with Crippen LogP contribution in [0.5, 0.6) is 0 Å². The summed E-state index contributed by atoms with van der Waals surface area (Å²) in [5.41, 5.74) is 0. The van der Waals surface area contributed by atoms with E-state index in [-0.39, 0.29) is 9.90 Å². The van der Waals surface area contributed by atoms with Gasteiger partial charge >= 0.3 is 0 Å². The Morgan fingerprint density at radius 1 is 0.346 bits per heavy atom. The summed E-state index contributed by atoms with van der Waals surface area (Å²) in [6.45, 7) is 9.46. The monoisotopic (exact) mass is 405 g/mol. The molecule has 0 aromatic rings. The van der Waals surface area contributed by atoms with E-state index in [9.17, 15) is 0 Å². The standard InChI is InChI=1S/C24H52P.H3P/c1-5-9-13-14-15-16-17-18-19-20-24-25(21-10-6-2,22-11-7-3)23-12-8-4;/h5-24H2,1-4H3;1H3/q+1;. The summed E-state index contributed by atoms with van der Waals surface area (Å²) in [6, 6.07) is 0. The lowest BCUT2D eigenvalue weighted by molar-refractivity contribution is 0.562. The van der Waals surface area contributed by atoms with E-state index in [0.29, 0.717) is 0 Å². The maximum absolute atomic E-state index is 2.38. The van der Waals surface area contributed by atoms with E-state index in [1.54, 1.807) is 31.1 Å². The summed E-state index contributed by atoms with van der Waals surface area (Å²) in [4.78, 5) is 0. The highest BCUT2D eigenvalue weighted by molar-refractivity contribution is 7.75. The molecule has 0 N–H and O–H groups in total. The third-order valence-corrected chi connectivity index (χ3v) is 11.0. The summed E-state index contributed by atoms with van der Waals surface area (Å²) < 4.78 is 0. The molecule has 0 aliphatic carbocycles. The van der Waals surface area contributed by atoms with Crippen molar-refractivity contribution >= 4 is 17.2 Å². The molecular formula is C24H55P2+. The van der Waals surface area contributed by atoms with E-state index >= 15 is 0 Å². The number of unbranched alkanes of at least 4 members (excludes halogenated alkanes) is 12. The van der Waals surface area contributed by atoms with Crippen molar-refractivity contribution in [3.8, 4) is 0 Å². The molecule has 2 heteroatoms. The van der Waals surface area contributed by atoms with Gasteiger partial charge in [0.2, 0.25) is 0 Å². The zero-order chi connectivity index (χ0) is 18.6. The minimum Gasteiger partial charge on any atom is -0.153 e. The van der Waals surface area contributed by atoms with Gasteiger partial charge in [0.05, 0.1) is 24.6 Å². The molecule has 0 aliphatic rings. The van der Waals surface area contributed by atoms with E-state index in [1.807, 2.05) is 0 Å². The molecule has 0 radical (unpaired) electrons. The Labute approximate surface area is 172 Å². The molecule has 0 amide bonds. The van der Waals surface area contributed by atoms with Gasteiger partial charge in [-0.3, -0.25) is 0 Å². The van der Waals surface area contributed by atoms with Crippen molar-refractivity contribution < 1.29 is 0 Å². The van der Waals surface area contributed by atoms with E-state index in [2.05, 4.69) is 27.7 Å². The average molecular weight is 406 g/mol. The van der Waals surface area contributed by atoms with Gasteiger partial charge in [-0.15, -0.1) is 0 Å². The minimum absolute atomic E-state index is 0. The van der Waals surface area contributed by atoms with E-state index < -0.39 is 7.26 Å². The van der Waals surface area contributed by atoms with Gasteiger partial charge in [-0.2, -0.15) is 9.90 Å². The van der Waals surface area contributed by atoms with Crippen molar-refractivity contribution in [1.29, 1.82) is 0 Å². The first-order chi connectivity index (χ1) is 12.2. The van der Waals surface area contributed by atoms with Gasteiger partial charge in [0.15, 0.2) is 0 Å². The highest BCUT2D eigenvalue weighted by atomic mass is 31.2. The molecular weight excluding hydrogens is 350 g/mol. The molecule has 0 saturated carbocycles. The second-order valence-electron chi connectivity index (χ2n) is 8.48. The van der Waals surface area contributed by atoms with Gasteiger partial charge < -0.3 is 0 Å². The van der Waals surface area contributed by atoms with Crippen LogP contribution in [0.3, 0.4) is 0 Å². The van der Waals surface area contributed by atoms with Gasteiger partial charge in [0, 0.05) is 7.26 Å². The van der Waals surface area contributed by atoms with Crippen molar-refractivity contribution in [3.63, 3.8) is 0 Å². The van der Waals surface area contributed by atoms with E-state index in [1.165, 1.54) is 96.3 Å². The Kier molecular flexibility index (Phi) is 24.8. The van der Waals surface area contributed by atoms with E-state index in [0.717, 1.165) is 0 Å². The lowest BCUT2D eigenvalue weighted by Gasteiger charge is -2.28. The first-order valence-corrected chi connectivity index (χ1v) is 14.6. The Morgan fingerprint density at radius 3 is 0.962 bits per heavy atom. The smallest absolute Gasteiger partial charge is 0.0594 e. The molecule has 0 rings (SSSR count). The second-order valence-corrected chi connectivity index (χ2v) is 13.0. The number of hydrogen-bond acceptors (Lipinski definition) is 0. The van der Waals surface area contributed by atoms with Gasteiger partial charge in [0.25, 0.3) is 0 Å². The molecule has 0 spiro atoms. The van der Waals surface area contributed by atoms with Crippen molar-refractivity contribution in [2.75, 3.05) is 24.6 Å². The Hall–Kier alpha value is 0.860. The van der Waals surface area contributed by atoms with Crippen LogP contribution in [-0.4, -0.2) is 24.6 Å². The van der Waals surface area contributed by atoms with Crippen molar-refractivity contribution in [2.24, 2.45) is 0 Å². The van der Waals surface area contributed by atoms with Crippen molar-refractivity contribution in [1.82, 2.24) is 0 Å². The molecule has 0 nitrogen and oxygen atoms in total. The number of hydrogen-bond donors (Lipinski definition) is 0. The van der Waals surface area contributed by atoms with Crippen molar-refractivity contribution in [2.45, 2.75) is 130 Å². The lowest BCUT2D eigenvalue weighted by Crippen LogP contribution is -2.13. The van der Waals surface area contributed by atoms with Crippen LogP contribution in [0.25, 0.3) is 0 Å². The predicted molar refractivity (Wildman–Crippen MR) is 134 cm³/mol. The normalized spacial score (nSPS) is 11.5. The van der Waals surface area contributed by atoms with Gasteiger partial charge in [-0.05, 0) is 32.1 Å². The molecule has 0 aromatic heterocycles. The third-order valence-electron chi connectivity index (χ3n) is 5.94. The maximum Gasteiger partial charge on any atom is 0.0594 e. The third kappa shape index (κ3) is 17.0. The quantitative estimate of drug-likeness (QED) is 0.140. The molecule has 1 unspecified atom stereocenters. The summed E-state index contributed by atoms with van der Waals surface area (Å²) >= 11 is 0. The summed E-state index contributed by atoms with van der Waals surface area (Å²) in [5.74, 6) is 0. The summed E-state index contributed by atoms with van der Waals surface area (Å²) in [7, 11) is -0.620. The zero-order valence-corrected chi connectivity index (χ0v) is 21.6. The van der Waals surface area contributed by atoms with Crippen LogP contribution in [0.15, 0.2) is 0 Å². The summed E-state index contributed by atoms with van der Waals surface area (Å²) in [6.07, 6.45) is 30.0. The van der Waals surface area contributed by atoms with E-state index in [4.69, 9.17) is 0 Å². The van der Waals surface area contributed by atoms with Crippen LogP contribution in [-0.2, 0) is 0 Å². The Morgan fingerprint density at radius 2 is 0.615 bits per heavy atom. The van der Waals surface area contributed by atoms with Crippen LogP contribution < -0.4 is 0 Å². The van der Waals surface area contributed by atoms with Gasteiger partial charge in [-0.1, -0.05) is 98.3 Å². The molecule has 160 valence electrons. The van der Waals surface area contributed by atoms with Crippen LogP contribution in [0.2, 0.25) is 0 Å². The Bertz CT molecular complexity index is 231. The summed E-state index contributed by atoms with van der Waals surface area (Å²) in [5, 5.41) is 0. The SMILES string of the molecule is CCCCCCCCCCCC[P+](CCCC)(CCCC)CCCC.P. The average Bonchev–Trinajstić information content (AvgIpc) is 2.64. The highest BCUT2D eigenvalue weighted by Gasteiger charge is 2.34. The molecule has 0 saturated heterocycles. The first-order valence-electron chi connectivity index (χ1n) is 12.1. The lowest BCUT2D eigenvalue weighted by atomic mass is 10.1. The molecule has 1 atom stereocenters. The Balaban J connectivity index is 0. The first kappa shape index (κ1) is 29.1. The molecule has 0 heterocycles. The minimum atomic E-state index is -0.620. The molecule has 0 bridgehead atoms. The molecule has 0 fully saturated rings. The zero-order valence-electron chi connectivity index (χ0n) is 19.3. The topological polar surface area (TPSA) is 0 Å². The largest absolute Gasteiger partial charge is 0.153 e. The van der Waals surface area contributed by atoms with Crippen LogP contribution in [0.1, 0.15) is 130 Å². The maximum atomic E-state index is 2.38.